The summed E-state index contributed by atoms with van der Waals surface area (Å²) >= 11 is 0. The molecule has 0 aliphatic carbocycles. The molecule has 4 N–H and O–H groups in total. The van der Waals surface area contributed by atoms with Crippen LogP contribution in [-0.2, 0) is 6.42 Å². The number of hydrogen-bond donors (Lipinski definition) is 3. The zero-order chi connectivity index (χ0) is 13.1. The Morgan fingerprint density at radius 1 is 1.21 bits per heavy atom. The van der Waals surface area contributed by atoms with Crippen molar-refractivity contribution in [2.45, 2.75) is 6.42 Å². The highest BCUT2D eigenvalue weighted by Crippen LogP contribution is 2.27. The number of nitrogens with zero attached hydrogens (tertiary/aromatic N) is 3. The maximum absolute atomic E-state index is 6.14. The first kappa shape index (κ1) is 11.5. The minimum atomic E-state index is 0.725. The van der Waals surface area contributed by atoms with Crippen molar-refractivity contribution in [2.24, 2.45) is 0 Å². The Hall–Kier alpha value is -2.63. The van der Waals surface area contributed by atoms with Crippen LogP contribution in [0.15, 0.2) is 36.8 Å². The molecule has 0 fully saturated rings. The number of hydrogen-bond acceptors (Lipinski definition) is 5. The van der Waals surface area contributed by atoms with Gasteiger partial charge in [0.2, 0.25) is 0 Å². The molecule has 2 aromatic heterocycles. The average molecular weight is 254 g/mol. The predicted octanol–water partition coefficient (Wildman–Crippen LogP) is 1.59. The molecule has 0 spiro atoms. The van der Waals surface area contributed by atoms with Crippen LogP contribution in [0.2, 0.25) is 0 Å². The van der Waals surface area contributed by atoms with Crippen LogP contribution in [0.25, 0.3) is 10.9 Å². The van der Waals surface area contributed by atoms with Crippen molar-refractivity contribution >= 4 is 22.3 Å². The molecule has 6 heteroatoms. The fourth-order valence-electron chi connectivity index (χ4n) is 2.00. The third-order valence-corrected chi connectivity index (χ3v) is 2.97. The van der Waals surface area contributed by atoms with E-state index in [4.69, 9.17) is 5.73 Å². The van der Waals surface area contributed by atoms with E-state index < -0.39 is 0 Å². The number of aromatic amines is 1. The zero-order valence-corrected chi connectivity index (χ0v) is 10.3. The third kappa shape index (κ3) is 2.33. The van der Waals surface area contributed by atoms with Gasteiger partial charge in [-0.1, -0.05) is 0 Å². The van der Waals surface area contributed by atoms with E-state index >= 15 is 0 Å². The molecule has 0 amide bonds. The highest BCUT2D eigenvalue weighted by molar-refractivity contribution is 5.96. The number of benzene rings is 1. The largest absolute Gasteiger partial charge is 0.397 e. The lowest BCUT2D eigenvalue weighted by molar-refractivity contribution is 0.901. The van der Waals surface area contributed by atoms with Crippen LogP contribution in [0.3, 0.4) is 0 Å². The summed E-state index contributed by atoms with van der Waals surface area (Å²) in [6, 6.07) is 7.77. The van der Waals surface area contributed by atoms with E-state index in [0.29, 0.717) is 0 Å². The second-order valence-electron chi connectivity index (χ2n) is 4.21. The van der Waals surface area contributed by atoms with E-state index in [2.05, 4.69) is 25.5 Å². The fourth-order valence-corrected chi connectivity index (χ4v) is 2.00. The van der Waals surface area contributed by atoms with Gasteiger partial charge < -0.3 is 11.1 Å². The minimum absolute atomic E-state index is 0.725. The second-order valence-corrected chi connectivity index (χ2v) is 4.21. The number of H-pyrrole nitrogens is 1. The molecule has 0 aliphatic rings. The smallest absolute Gasteiger partial charge is 0.137 e. The van der Waals surface area contributed by atoms with Gasteiger partial charge in [0.25, 0.3) is 0 Å². The van der Waals surface area contributed by atoms with E-state index in [1.54, 1.807) is 6.20 Å². The van der Waals surface area contributed by atoms with Crippen molar-refractivity contribution in [3.63, 3.8) is 0 Å². The van der Waals surface area contributed by atoms with Gasteiger partial charge >= 0.3 is 0 Å². The number of anilines is 2. The molecule has 3 aromatic rings. The van der Waals surface area contributed by atoms with Crippen LogP contribution < -0.4 is 11.1 Å². The van der Waals surface area contributed by atoms with Gasteiger partial charge in [-0.25, -0.2) is 4.98 Å². The number of rotatable bonds is 4. The van der Waals surface area contributed by atoms with Gasteiger partial charge in [0, 0.05) is 24.5 Å². The lowest BCUT2D eigenvalue weighted by atomic mass is 10.1. The Labute approximate surface area is 110 Å². The molecule has 19 heavy (non-hydrogen) atoms. The highest BCUT2D eigenvalue weighted by atomic mass is 15.2. The van der Waals surface area contributed by atoms with E-state index in [-0.39, 0.29) is 0 Å². The van der Waals surface area contributed by atoms with Crippen molar-refractivity contribution in [3.05, 3.63) is 42.6 Å². The first-order valence-corrected chi connectivity index (χ1v) is 6.06. The SMILES string of the molecule is Nc1c(NCCc2ncn[nH]2)ccc2ncccc12. The number of aromatic nitrogens is 4. The molecule has 0 bridgehead atoms. The van der Waals surface area contributed by atoms with Crippen molar-refractivity contribution in [3.8, 4) is 0 Å². The van der Waals surface area contributed by atoms with Gasteiger partial charge in [0.15, 0.2) is 0 Å². The number of fused-ring (bicyclic) bond motifs is 1. The van der Waals surface area contributed by atoms with E-state index in [0.717, 1.165) is 41.1 Å². The van der Waals surface area contributed by atoms with Crippen molar-refractivity contribution < 1.29 is 0 Å². The molecular weight excluding hydrogens is 240 g/mol. The van der Waals surface area contributed by atoms with E-state index in [9.17, 15) is 0 Å². The maximum Gasteiger partial charge on any atom is 0.137 e. The average Bonchev–Trinajstić information content (AvgIpc) is 2.95. The molecule has 0 atom stereocenters. The Bertz CT molecular complexity index is 677. The molecule has 6 nitrogen and oxygen atoms in total. The molecule has 2 heterocycles. The summed E-state index contributed by atoms with van der Waals surface area (Å²) in [6.45, 7) is 0.741. The molecular formula is C13H14N6. The van der Waals surface area contributed by atoms with E-state index in [1.807, 2.05) is 24.3 Å². The lowest BCUT2D eigenvalue weighted by Gasteiger charge is -2.10. The number of nitrogen functional groups attached to an aromatic ring is 1. The molecule has 0 radical (unpaired) electrons. The fraction of sp³-hybridized carbons (Fsp3) is 0.154. The van der Waals surface area contributed by atoms with Gasteiger partial charge in [-0.15, -0.1) is 0 Å². The molecule has 0 unspecified atom stereocenters. The van der Waals surface area contributed by atoms with Crippen LogP contribution in [0.4, 0.5) is 11.4 Å². The topological polar surface area (TPSA) is 92.5 Å². The van der Waals surface area contributed by atoms with Crippen molar-refractivity contribution in [1.29, 1.82) is 0 Å². The van der Waals surface area contributed by atoms with Gasteiger partial charge in [0.05, 0.1) is 16.9 Å². The van der Waals surface area contributed by atoms with Gasteiger partial charge in [-0.3, -0.25) is 10.1 Å². The Morgan fingerprint density at radius 3 is 3.00 bits per heavy atom. The third-order valence-electron chi connectivity index (χ3n) is 2.97. The summed E-state index contributed by atoms with van der Waals surface area (Å²) in [7, 11) is 0. The summed E-state index contributed by atoms with van der Waals surface area (Å²) in [5.74, 6) is 0.855. The van der Waals surface area contributed by atoms with Crippen LogP contribution >= 0.6 is 0 Å². The summed E-state index contributed by atoms with van der Waals surface area (Å²) in [5, 5.41) is 10.9. The number of pyridine rings is 1. The van der Waals surface area contributed by atoms with E-state index in [1.165, 1.54) is 6.33 Å². The summed E-state index contributed by atoms with van der Waals surface area (Å²) in [4.78, 5) is 8.34. The normalized spacial score (nSPS) is 10.7. The monoisotopic (exact) mass is 254 g/mol. The molecule has 1 aromatic carbocycles. The highest BCUT2D eigenvalue weighted by Gasteiger charge is 2.04. The van der Waals surface area contributed by atoms with Crippen LogP contribution in [-0.4, -0.2) is 26.7 Å². The second kappa shape index (κ2) is 4.93. The standard InChI is InChI=1S/C13H14N6/c14-13-9-2-1-6-15-10(9)3-4-11(13)16-7-5-12-17-8-18-19-12/h1-4,6,8,16H,5,7,14H2,(H,17,18,19). The lowest BCUT2D eigenvalue weighted by Crippen LogP contribution is -2.08. The van der Waals surface area contributed by atoms with Crippen LogP contribution in [0, 0.1) is 0 Å². The molecule has 96 valence electrons. The molecule has 3 rings (SSSR count). The first-order valence-electron chi connectivity index (χ1n) is 6.06. The minimum Gasteiger partial charge on any atom is -0.397 e. The molecule has 0 saturated carbocycles. The number of nitrogens with one attached hydrogen (secondary N) is 2. The molecule has 0 aliphatic heterocycles. The summed E-state index contributed by atoms with van der Waals surface area (Å²) in [5.41, 5.74) is 8.69. The zero-order valence-electron chi connectivity index (χ0n) is 10.3. The Morgan fingerprint density at radius 2 is 2.16 bits per heavy atom. The summed E-state index contributed by atoms with van der Waals surface area (Å²) in [6.07, 6.45) is 4.04. The van der Waals surface area contributed by atoms with Crippen LogP contribution in [0.5, 0.6) is 0 Å². The maximum atomic E-state index is 6.14. The van der Waals surface area contributed by atoms with Crippen molar-refractivity contribution in [2.75, 3.05) is 17.6 Å². The van der Waals surface area contributed by atoms with Gasteiger partial charge in [-0.2, -0.15) is 5.10 Å². The Balaban J connectivity index is 1.76. The van der Waals surface area contributed by atoms with Crippen molar-refractivity contribution in [1.82, 2.24) is 20.2 Å². The van der Waals surface area contributed by atoms with Gasteiger partial charge in [-0.05, 0) is 24.3 Å². The predicted molar refractivity (Wildman–Crippen MR) is 74.7 cm³/mol. The van der Waals surface area contributed by atoms with Gasteiger partial charge in [0.1, 0.15) is 12.2 Å². The number of nitrogens with two attached hydrogens (primary N) is 1. The summed E-state index contributed by atoms with van der Waals surface area (Å²) < 4.78 is 0. The van der Waals surface area contributed by atoms with Crippen LogP contribution in [0.1, 0.15) is 5.82 Å². The quantitative estimate of drug-likeness (QED) is 0.615. The Kier molecular flexibility index (Phi) is 2.97. The first-order chi connectivity index (χ1) is 9.34. The molecule has 0 saturated heterocycles.